The predicted octanol–water partition coefficient (Wildman–Crippen LogP) is 3.51. The molecule has 0 fully saturated rings. The molecule has 162 valence electrons. The normalized spacial score (nSPS) is 10.7. The largest absolute Gasteiger partial charge is 0.464 e. The number of amides is 2. The molecule has 2 amide bonds. The molecule has 2 N–H and O–H groups in total. The van der Waals surface area contributed by atoms with E-state index in [2.05, 4.69) is 10.6 Å². The first-order valence-electron chi connectivity index (χ1n) is 10.0. The van der Waals surface area contributed by atoms with Crippen LogP contribution in [0.15, 0.2) is 41.0 Å². The van der Waals surface area contributed by atoms with Gasteiger partial charge in [0.05, 0.1) is 19.2 Å². The molecular weight excluding hydrogens is 396 g/mol. The molecule has 0 atom stereocenters. The van der Waals surface area contributed by atoms with Gasteiger partial charge in [-0.3, -0.25) is 14.4 Å². The molecule has 0 bridgehead atoms. The summed E-state index contributed by atoms with van der Waals surface area (Å²) < 4.78 is 10.6. The molecular formula is C24H26N2O5. The zero-order valence-corrected chi connectivity index (χ0v) is 18.1. The molecule has 0 aliphatic rings. The predicted molar refractivity (Wildman–Crippen MR) is 118 cm³/mol. The first kappa shape index (κ1) is 22.1. The SMILES string of the molecule is Cc1cccc(NC(=O)CNC(=O)COC(=O)Cc2coc3c(C)c(C)ccc23)c1C. The molecule has 0 radical (unpaired) electrons. The number of rotatable bonds is 7. The third-order valence-corrected chi connectivity index (χ3v) is 5.37. The van der Waals surface area contributed by atoms with E-state index >= 15 is 0 Å². The van der Waals surface area contributed by atoms with Gasteiger partial charge in [0.25, 0.3) is 5.91 Å². The number of hydrogen-bond acceptors (Lipinski definition) is 5. The summed E-state index contributed by atoms with van der Waals surface area (Å²) in [5.41, 5.74) is 6.30. The Morgan fingerprint density at radius 1 is 0.935 bits per heavy atom. The topological polar surface area (TPSA) is 97.6 Å². The minimum atomic E-state index is -0.548. The van der Waals surface area contributed by atoms with Gasteiger partial charge < -0.3 is 19.8 Å². The lowest BCUT2D eigenvalue weighted by atomic mass is 10.0. The number of fused-ring (bicyclic) bond motifs is 1. The Hall–Kier alpha value is -3.61. The lowest BCUT2D eigenvalue weighted by Gasteiger charge is -2.11. The van der Waals surface area contributed by atoms with Crippen molar-refractivity contribution in [2.24, 2.45) is 0 Å². The summed E-state index contributed by atoms with van der Waals surface area (Å²) in [6, 6.07) is 9.48. The molecule has 1 aromatic heterocycles. The number of anilines is 1. The highest BCUT2D eigenvalue weighted by molar-refractivity contribution is 5.95. The van der Waals surface area contributed by atoms with Crippen LogP contribution in [0.5, 0.6) is 0 Å². The van der Waals surface area contributed by atoms with Crippen molar-refractivity contribution in [1.82, 2.24) is 5.32 Å². The first-order valence-corrected chi connectivity index (χ1v) is 10.0. The summed E-state index contributed by atoms with van der Waals surface area (Å²) >= 11 is 0. The van der Waals surface area contributed by atoms with E-state index in [1.54, 1.807) is 6.07 Å². The van der Waals surface area contributed by atoms with Crippen molar-refractivity contribution >= 4 is 34.4 Å². The van der Waals surface area contributed by atoms with Crippen molar-refractivity contribution in [2.75, 3.05) is 18.5 Å². The van der Waals surface area contributed by atoms with Crippen LogP contribution in [0.3, 0.4) is 0 Å². The second-order valence-electron chi connectivity index (χ2n) is 7.55. The highest BCUT2D eigenvalue weighted by Gasteiger charge is 2.15. The first-order chi connectivity index (χ1) is 14.8. The summed E-state index contributed by atoms with van der Waals surface area (Å²) in [6.45, 7) is 7.15. The van der Waals surface area contributed by atoms with Crippen molar-refractivity contribution < 1.29 is 23.5 Å². The fourth-order valence-corrected chi connectivity index (χ4v) is 3.19. The van der Waals surface area contributed by atoms with E-state index in [0.29, 0.717) is 11.3 Å². The summed E-state index contributed by atoms with van der Waals surface area (Å²) in [5, 5.41) is 6.06. The summed E-state index contributed by atoms with van der Waals surface area (Å²) in [5.74, 6) is -1.45. The van der Waals surface area contributed by atoms with Gasteiger partial charge in [-0.15, -0.1) is 0 Å². The number of carbonyl (C=O) groups is 3. The van der Waals surface area contributed by atoms with Crippen LogP contribution in [-0.4, -0.2) is 30.9 Å². The second-order valence-corrected chi connectivity index (χ2v) is 7.55. The molecule has 0 unspecified atom stereocenters. The summed E-state index contributed by atoms with van der Waals surface area (Å²) in [6.07, 6.45) is 1.53. The highest BCUT2D eigenvalue weighted by atomic mass is 16.5. The van der Waals surface area contributed by atoms with Crippen LogP contribution >= 0.6 is 0 Å². The molecule has 0 spiro atoms. The van der Waals surface area contributed by atoms with Gasteiger partial charge in [-0.05, 0) is 56.0 Å². The zero-order valence-electron chi connectivity index (χ0n) is 18.1. The third kappa shape index (κ3) is 5.31. The molecule has 1 heterocycles. The van der Waals surface area contributed by atoms with Gasteiger partial charge in [0.15, 0.2) is 6.61 Å². The fourth-order valence-electron chi connectivity index (χ4n) is 3.19. The molecule has 0 aliphatic heterocycles. The second kappa shape index (κ2) is 9.47. The molecule has 3 aromatic rings. The van der Waals surface area contributed by atoms with E-state index in [1.165, 1.54) is 6.26 Å². The van der Waals surface area contributed by atoms with Crippen LogP contribution < -0.4 is 10.6 Å². The molecule has 31 heavy (non-hydrogen) atoms. The molecule has 0 aliphatic carbocycles. The summed E-state index contributed by atoms with van der Waals surface area (Å²) in [7, 11) is 0. The van der Waals surface area contributed by atoms with E-state index in [9.17, 15) is 14.4 Å². The third-order valence-electron chi connectivity index (χ3n) is 5.37. The van der Waals surface area contributed by atoms with Gasteiger partial charge in [0.2, 0.25) is 5.91 Å². The number of benzene rings is 2. The van der Waals surface area contributed by atoms with Gasteiger partial charge in [-0.1, -0.05) is 24.3 Å². The highest BCUT2D eigenvalue weighted by Crippen LogP contribution is 2.26. The van der Waals surface area contributed by atoms with Gasteiger partial charge in [-0.25, -0.2) is 0 Å². The van der Waals surface area contributed by atoms with Gasteiger partial charge in [0.1, 0.15) is 5.58 Å². The van der Waals surface area contributed by atoms with E-state index < -0.39 is 18.5 Å². The maximum atomic E-state index is 12.1. The van der Waals surface area contributed by atoms with Crippen molar-refractivity contribution in [3.05, 3.63) is 64.4 Å². The molecule has 0 saturated heterocycles. The van der Waals surface area contributed by atoms with Crippen molar-refractivity contribution in [2.45, 2.75) is 34.1 Å². The zero-order chi connectivity index (χ0) is 22.5. The minimum absolute atomic E-state index is 0.00407. The van der Waals surface area contributed by atoms with Crippen LogP contribution in [0.4, 0.5) is 5.69 Å². The Balaban J connectivity index is 1.45. The molecule has 3 rings (SSSR count). The standard InChI is InChI=1S/C24H26N2O5/c1-14-6-5-7-20(16(14)3)26-21(27)11-25-22(28)13-30-23(29)10-18-12-31-24-17(4)15(2)8-9-19(18)24/h5-9,12H,10-11,13H2,1-4H3,(H,25,28)(H,26,27). The van der Waals surface area contributed by atoms with Gasteiger partial charge in [-0.2, -0.15) is 0 Å². The van der Waals surface area contributed by atoms with Crippen LogP contribution in [0.1, 0.15) is 27.8 Å². The average Bonchev–Trinajstić information content (AvgIpc) is 3.14. The Morgan fingerprint density at radius 3 is 2.45 bits per heavy atom. The van der Waals surface area contributed by atoms with E-state index in [1.807, 2.05) is 52.0 Å². The smallest absolute Gasteiger partial charge is 0.310 e. The van der Waals surface area contributed by atoms with Gasteiger partial charge in [0, 0.05) is 16.6 Å². The molecule has 7 heteroatoms. The molecule has 7 nitrogen and oxygen atoms in total. The quantitative estimate of drug-likeness (QED) is 0.568. The van der Waals surface area contributed by atoms with Crippen molar-refractivity contribution in [3.63, 3.8) is 0 Å². The minimum Gasteiger partial charge on any atom is -0.464 e. The Labute approximate surface area is 180 Å². The van der Waals surface area contributed by atoms with E-state index in [-0.39, 0.29) is 18.9 Å². The maximum Gasteiger partial charge on any atom is 0.310 e. The number of hydrogen-bond donors (Lipinski definition) is 2. The fraction of sp³-hybridized carbons (Fsp3) is 0.292. The van der Waals surface area contributed by atoms with E-state index in [0.717, 1.165) is 33.2 Å². The Morgan fingerprint density at radius 2 is 1.68 bits per heavy atom. The molecule has 2 aromatic carbocycles. The van der Waals surface area contributed by atoms with Gasteiger partial charge >= 0.3 is 5.97 Å². The maximum absolute atomic E-state index is 12.1. The van der Waals surface area contributed by atoms with Crippen LogP contribution in [0.25, 0.3) is 11.0 Å². The number of nitrogens with one attached hydrogen (secondary N) is 2. The monoisotopic (exact) mass is 422 g/mol. The number of ether oxygens (including phenoxy) is 1. The lowest BCUT2D eigenvalue weighted by molar-refractivity contribution is -0.147. The number of furan rings is 1. The van der Waals surface area contributed by atoms with Crippen LogP contribution in [0.2, 0.25) is 0 Å². The lowest BCUT2D eigenvalue weighted by Crippen LogP contribution is -2.35. The number of aryl methyl sites for hydroxylation is 3. The Kier molecular flexibility index (Phi) is 6.74. The molecule has 0 saturated carbocycles. The Bertz CT molecular complexity index is 1150. The van der Waals surface area contributed by atoms with Crippen LogP contribution in [0, 0.1) is 27.7 Å². The van der Waals surface area contributed by atoms with Crippen LogP contribution in [-0.2, 0) is 25.5 Å². The average molecular weight is 422 g/mol. The number of carbonyl (C=O) groups excluding carboxylic acids is 3. The van der Waals surface area contributed by atoms with Crippen molar-refractivity contribution in [3.8, 4) is 0 Å². The summed E-state index contributed by atoms with van der Waals surface area (Å²) in [4.78, 5) is 36.1. The number of esters is 1. The van der Waals surface area contributed by atoms with E-state index in [4.69, 9.17) is 9.15 Å². The van der Waals surface area contributed by atoms with Crippen molar-refractivity contribution in [1.29, 1.82) is 0 Å².